The summed E-state index contributed by atoms with van der Waals surface area (Å²) in [6.07, 6.45) is 0. The van der Waals surface area contributed by atoms with Crippen molar-refractivity contribution in [3.63, 3.8) is 0 Å². The molecule has 8 heteroatoms. The molecule has 2 aromatic carbocycles. The van der Waals surface area contributed by atoms with E-state index in [4.69, 9.17) is 0 Å². The molecule has 0 radical (unpaired) electrons. The van der Waals surface area contributed by atoms with Gasteiger partial charge in [-0.15, -0.1) is 11.3 Å². The van der Waals surface area contributed by atoms with Crippen molar-refractivity contribution in [2.45, 2.75) is 16.5 Å². The number of halogens is 3. The average molecular weight is 368 g/mol. The molecule has 0 saturated heterocycles. The van der Waals surface area contributed by atoms with Crippen molar-refractivity contribution in [2.75, 3.05) is 5.32 Å². The van der Waals surface area contributed by atoms with E-state index in [0.29, 0.717) is 4.34 Å². The largest absolute Gasteiger partial charge is 0.323 e. The van der Waals surface area contributed by atoms with E-state index in [2.05, 4.69) is 10.3 Å². The Morgan fingerprint density at radius 2 is 1.92 bits per heavy atom. The lowest BCUT2D eigenvalue weighted by atomic mass is 10.2. The van der Waals surface area contributed by atoms with Crippen LogP contribution in [0.4, 0.5) is 18.9 Å². The molecule has 0 unspecified atom stereocenters. The normalized spacial score (nSPS) is 12.3. The van der Waals surface area contributed by atoms with Gasteiger partial charge < -0.3 is 5.32 Å². The van der Waals surface area contributed by atoms with Crippen molar-refractivity contribution < 1.29 is 18.0 Å². The number of carbonyl (C=O) groups excluding carboxylic acids is 1. The highest BCUT2D eigenvalue weighted by molar-refractivity contribution is 8.02. The predicted molar refractivity (Wildman–Crippen MR) is 89.9 cm³/mol. The van der Waals surface area contributed by atoms with Crippen LogP contribution in [0.15, 0.2) is 40.7 Å². The highest BCUT2D eigenvalue weighted by Crippen LogP contribution is 2.32. The van der Waals surface area contributed by atoms with Gasteiger partial charge in [0, 0.05) is 0 Å². The molecule has 1 amide bonds. The van der Waals surface area contributed by atoms with Crippen LogP contribution in [-0.2, 0) is 4.79 Å². The number of thioether (sulfide) groups is 1. The van der Waals surface area contributed by atoms with Gasteiger partial charge in [0.1, 0.15) is 0 Å². The van der Waals surface area contributed by atoms with E-state index in [0.717, 1.165) is 22.3 Å². The topological polar surface area (TPSA) is 42.0 Å². The fourth-order valence-corrected chi connectivity index (χ4v) is 4.17. The minimum absolute atomic E-state index is 0.393. The Bertz CT molecular complexity index is 880. The molecule has 0 aliphatic rings. The summed E-state index contributed by atoms with van der Waals surface area (Å²) < 4.78 is 41.4. The van der Waals surface area contributed by atoms with Crippen molar-refractivity contribution in [3.05, 3.63) is 53.8 Å². The number of hydrogen-bond acceptors (Lipinski definition) is 4. The monoisotopic (exact) mass is 368 g/mol. The van der Waals surface area contributed by atoms with Gasteiger partial charge >= 0.3 is 0 Å². The molecule has 0 saturated carbocycles. The molecule has 3 aromatic rings. The Balaban J connectivity index is 1.72. The van der Waals surface area contributed by atoms with Crippen LogP contribution in [0.25, 0.3) is 10.2 Å². The Morgan fingerprint density at radius 3 is 2.67 bits per heavy atom. The minimum Gasteiger partial charge on any atom is -0.323 e. The molecule has 0 aliphatic heterocycles. The van der Waals surface area contributed by atoms with Gasteiger partial charge in [-0.05, 0) is 31.2 Å². The van der Waals surface area contributed by atoms with Gasteiger partial charge in [0.2, 0.25) is 5.91 Å². The number of nitrogens with zero attached hydrogens (tertiary/aromatic N) is 1. The van der Waals surface area contributed by atoms with Crippen LogP contribution >= 0.6 is 23.1 Å². The maximum absolute atomic E-state index is 13.6. The summed E-state index contributed by atoms with van der Waals surface area (Å²) >= 11 is 2.66. The second-order valence-corrected chi connectivity index (χ2v) is 7.54. The van der Waals surface area contributed by atoms with Crippen LogP contribution in [0.3, 0.4) is 0 Å². The fourth-order valence-electron chi connectivity index (χ4n) is 1.96. The number of hydrogen-bond donors (Lipinski definition) is 1. The molecule has 0 fully saturated rings. The number of anilines is 1. The molecule has 1 aromatic heterocycles. The third-order valence-corrected chi connectivity index (χ3v) is 5.44. The summed E-state index contributed by atoms with van der Waals surface area (Å²) in [4.78, 5) is 16.5. The predicted octanol–water partition coefficient (Wildman–Crippen LogP) is 4.83. The summed E-state index contributed by atoms with van der Waals surface area (Å²) in [5.74, 6) is -4.86. The van der Waals surface area contributed by atoms with Crippen molar-refractivity contribution >= 4 is 44.9 Å². The van der Waals surface area contributed by atoms with Crippen LogP contribution in [-0.4, -0.2) is 16.1 Å². The Morgan fingerprint density at radius 1 is 1.17 bits per heavy atom. The van der Waals surface area contributed by atoms with Crippen LogP contribution in [0, 0.1) is 17.5 Å². The molecular weight excluding hydrogens is 357 g/mol. The Hall–Kier alpha value is -2.06. The number of amides is 1. The minimum atomic E-state index is -1.61. The summed E-state index contributed by atoms with van der Waals surface area (Å²) in [5.41, 5.74) is 0.444. The van der Waals surface area contributed by atoms with Crippen LogP contribution < -0.4 is 5.32 Å². The van der Waals surface area contributed by atoms with E-state index >= 15 is 0 Å². The number of nitrogens with one attached hydrogen (secondary N) is 1. The highest BCUT2D eigenvalue weighted by Gasteiger charge is 2.20. The first-order valence-corrected chi connectivity index (χ1v) is 8.62. The summed E-state index contributed by atoms with van der Waals surface area (Å²) in [6.45, 7) is 1.63. The number of thiazole rings is 1. The Kier molecular flexibility index (Phi) is 4.77. The Labute approximate surface area is 143 Å². The van der Waals surface area contributed by atoms with Crippen molar-refractivity contribution in [1.29, 1.82) is 0 Å². The van der Waals surface area contributed by atoms with E-state index in [9.17, 15) is 18.0 Å². The van der Waals surface area contributed by atoms with Gasteiger partial charge in [-0.3, -0.25) is 4.79 Å². The maximum Gasteiger partial charge on any atom is 0.237 e. The molecule has 0 spiro atoms. The molecular formula is C16H11F3N2OS2. The van der Waals surface area contributed by atoms with Gasteiger partial charge in [-0.2, -0.15) is 0 Å². The molecule has 1 heterocycles. The number of aromatic nitrogens is 1. The van der Waals surface area contributed by atoms with Gasteiger partial charge in [-0.25, -0.2) is 18.2 Å². The molecule has 0 aliphatic carbocycles. The molecule has 24 heavy (non-hydrogen) atoms. The smallest absolute Gasteiger partial charge is 0.237 e. The number of rotatable bonds is 4. The lowest BCUT2D eigenvalue weighted by Crippen LogP contribution is -2.23. The van der Waals surface area contributed by atoms with Gasteiger partial charge in [0.25, 0.3) is 0 Å². The molecule has 3 rings (SSSR count). The number of para-hydroxylation sites is 1. The maximum atomic E-state index is 13.6. The number of fused-ring (bicyclic) bond motifs is 1. The molecule has 0 bridgehead atoms. The molecule has 1 N–H and O–H groups in total. The van der Waals surface area contributed by atoms with E-state index in [1.165, 1.54) is 23.1 Å². The van der Waals surface area contributed by atoms with Gasteiger partial charge in [0.05, 0.1) is 21.2 Å². The molecule has 3 nitrogen and oxygen atoms in total. The quantitative estimate of drug-likeness (QED) is 0.530. The van der Waals surface area contributed by atoms with E-state index in [1.54, 1.807) is 6.92 Å². The third kappa shape index (κ3) is 3.39. The lowest BCUT2D eigenvalue weighted by molar-refractivity contribution is -0.115. The molecule has 124 valence electrons. The number of benzene rings is 2. The first kappa shape index (κ1) is 16.8. The summed E-state index contributed by atoms with van der Waals surface area (Å²) in [5, 5.41) is 1.68. The second kappa shape index (κ2) is 6.82. The number of carbonyl (C=O) groups is 1. The highest BCUT2D eigenvalue weighted by atomic mass is 32.2. The van der Waals surface area contributed by atoms with Gasteiger partial charge in [0.15, 0.2) is 21.8 Å². The zero-order valence-corrected chi connectivity index (χ0v) is 14.0. The average Bonchev–Trinajstić information content (AvgIpc) is 2.97. The van der Waals surface area contributed by atoms with Crippen LogP contribution in [0.2, 0.25) is 0 Å². The van der Waals surface area contributed by atoms with E-state index in [-0.39, 0.29) is 0 Å². The van der Waals surface area contributed by atoms with E-state index < -0.39 is 34.3 Å². The summed E-state index contributed by atoms with van der Waals surface area (Å²) in [7, 11) is 0. The SMILES string of the molecule is C[C@H](Sc1nc2ccccc2s1)C(=O)Nc1ccc(F)c(F)c1F. The van der Waals surface area contributed by atoms with Crippen molar-refractivity contribution in [2.24, 2.45) is 0 Å². The second-order valence-electron chi connectivity index (χ2n) is 4.92. The lowest BCUT2D eigenvalue weighted by Gasteiger charge is -2.11. The first-order valence-electron chi connectivity index (χ1n) is 6.92. The zero-order chi connectivity index (χ0) is 17.3. The molecule has 1 atom stereocenters. The first-order chi connectivity index (χ1) is 11.5. The van der Waals surface area contributed by atoms with E-state index in [1.807, 2.05) is 24.3 Å². The fraction of sp³-hybridized carbons (Fsp3) is 0.125. The van der Waals surface area contributed by atoms with Crippen LogP contribution in [0.1, 0.15) is 6.92 Å². The zero-order valence-electron chi connectivity index (χ0n) is 12.3. The van der Waals surface area contributed by atoms with Gasteiger partial charge in [-0.1, -0.05) is 23.9 Å². The summed E-state index contributed by atoms with van der Waals surface area (Å²) in [6, 6.07) is 9.32. The standard InChI is InChI=1S/C16H11F3N2OS2/c1-8(23-16-21-10-4-2-3-5-12(10)24-16)15(22)20-11-7-6-9(17)13(18)14(11)19/h2-8H,1H3,(H,20,22)/t8-/m0/s1. The van der Waals surface area contributed by atoms with Crippen molar-refractivity contribution in [3.8, 4) is 0 Å². The van der Waals surface area contributed by atoms with Crippen LogP contribution in [0.5, 0.6) is 0 Å². The third-order valence-electron chi connectivity index (χ3n) is 3.21. The van der Waals surface area contributed by atoms with Crippen molar-refractivity contribution in [1.82, 2.24) is 4.98 Å².